The molecule has 3 aromatic rings. The van der Waals surface area contributed by atoms with Crippen LogP contribution in [0, 0.1) is 5.92 Å². The second-order valence-electron chi connectivity index (χ2n) is 7.05. The molecule has 0 amide bonds. The minimum Gasteiger partial charge on any atom is -0.397 e. The Morgan fingerprint density at radius 2 is 2.03 bits per heavy atom. The van der Waals surface area contributed by atoms with E-state index in [4.69, 9.17) is 28.0 Å². The van der Waals surface area contributed by atoms with Crippen molar-refractivity contribution in [3.05, 3.63) is 57.9 Å². The lowest BCUT2D eigenvalue weighted by molar-refractivity contribution is -0.0264. The fourth-order valence-electron chi connectivity index (χ4n) is 4.02. The smallest absolute Gasteiger partial charge is 0.203 e. The summed E-state index contributed by atoms with van der Waals surface area (Å²) in [7, 11) is 1.44. The lowest BCUT2D eigenvalue weighted by Gasteiger charge is -2.22. The van der Waals surface area contributed by atoms with Crippen molar-refractivity contribution in [3.8, 4) is 0 Å². The van der Waals surface area contributed by atoms with Crippen LogP contribution in [0.4, 0.5) is 0 Å². The maximum absolute atomic E-state index is 10.8. The molecule has 0 saturated heterocycles. The van der Waals surface area contributed by atoms with Gasteiger partial charge in [0.15, 0.2) is 0 Å². The van der Waals surface area contributed by atoms with Gasteiger partial charge in [0.2, 0.25) is 5.49 Å². The highest BCUT2D eigenvalue weighted by Gasteiger charge is 2.46. The van der Waals surface area contributed by atoms with Crippen molar-refractivity contribution in [3.63, 3.8) is 0 Å². The van der Waals surface area contributed by atoms with E-state index in [2.05, 4.69) is 15.1 Å². The van der Waals surface area contributed by atoms with Gasteiger partial charge in [0.25, 0.3) is 0 Å². The Bertz CT molecular complexity index is 1100. The molecule has 1 aliphatic carbocycles. The van der Waals surface area contributed by atoms with Crippen LogP contribution in [0.2, 0.25) is 10.0 Å². The zero-order valence-electron chi connectivity index (χ0n) is 15.4. The number of halogens is 2. The summed E-state index contributed by atoms with van der Waals surface area (Å²) < 4.78 is 1.82. The van der Waals surface area contributed by atoms with E-state index in [0.717, 1.165) is 0 Å². The van der Waals surface area contributed by atoms with E-state index < -0.39 is 30.3 Å². The van der Waals surface area contributed by atoms with Crippen LogP contribution in [0.3, 0.4) is 0 Å². The molecule has 4 N–H and O–H groups in total. The first kappa shape index (κ1) is 20.2. The number of benzene rings is 1. The number of nitrogens with zero attached hydrogens (tertiary/aromatic N) is 3. The summed E-state index contributed by atoms with van der Waals surface area (Å²) in [5, 5.41) is 37.5. The number of aromatic amines is 1. The fourth-order valence-corrected chi connectivity index (χ4v) is 4.32. The Labute approximate surface area is 176 Å². The Morgan fingerprint density at radius 3 is 2.76 bits per heavy atom. The summed E-state index contributed by atoms with van der Waals surface area (Å²) in [6, 6.07) is 6.18. The summed E-state index contributed by atoms with van der Waals surface area (Å²) in [6.07, 6.45) is 0.415. The first-order valence-corrected chi connectivity index (χ1v) is 9.78. The van der Waals surface area contributed by atoms with Gasteiger partial charge < -0.3 is 29.7 Å². The van der Waals surface area contributed by atoms with Crippen molar-refractivity contribution in [2.45, 2.75) is 30.8 Å². The fraction of sp³-hybridized carbons (Fsp3) is 0.368. The van der Waals surface area contributed by atoms with E-state index in [0.29, 0.717) is 38.6 Å². The molecule has 1 unspecified atom stereocenters. The molecular formula is C19H20Cl2N4O4. The number of H-pyrrole nitrogens is 1. The molecule has 0 spiro atoms. The minimum atomic E-state index is -1.12. The Morgan fingerprint density at radius 1 is 1.24 bits per heavy atom. The van der Waals surface area contributed by atoms with Crippen molar-refractivity contribution < 1.29 is 20.2 Å². The number of nitrogens with one attached hydrogen (secondary N) is 1. The van der Waals surface area contributed by atoms with E-state index >= 15 is 0 Å². The molecule has 1 aliphatic rings. The molecule has 0 bridgehead atoms. The summed E-state index contributed by atoms with van der Waals surface area (Å²) >= 11 is 12.0. The average molecular weight is 439 g/mol. The predicted molar refractivity (Wildman–Crippen MR) is 107 cm³/mol. The van der Waals surface area contributed by atoms with Gasteiger partial charge in [-0.3, -0.25) is 0 Å². The summed E-state index contributed by atoms with van der Waals surface area (Å²) in [4.78, 5) is 12.0. The third-order valence-corrected chi connectivity index (χ3v) is 6.21. The lowest BCUT2D eigenvalue weighted by Crippen LogP contribution is -2.31. The van der Waals surface area contributed by atoms with Crippen LogP contribution in [0.1, 0.15) is 24.1 Å². The molecule has 5 atom stereocenters. The van der Waals surface area contributed by atoms with E-state index in [1.807, 2.05) is 4.57 Å². The van der Waals surface area contributed by atoms with Crippen molar-refractivity contribution >= 4 is 34.2 Å². The van der Waals surface area contributed by atoms with Crippen LogP contribution < -0.4 is 5.49 Å². The van der Waals surface area contributed by atoms with Gasteiger partial charge in [-0.2, -0.15) is 0 Å². The normalized spacial score (nSPS) is 26.2. The van der Waals surface area contributed by atoms with Crippen LogP contribution in [0.15, 0.2) is 41.9 Å². The average Bonchev–Trinajstić information content (AvgIpc) is 3.26. The highest BCUT2D eigenvalue weighted by molar-refractivity contribution is 6.42. The molecule has 4 rings (SSSR count). The van der Waals surface area contributed by atoms with Crippen LogP contribution in [-0.2, 0) is 4.84 Å². The summed E-state index contributed by atoms with van der Waals surface area (Å²) in [5.74, 6) is -0.588. The van der Waals surface area contributed by atoms with E-state index in [-0.39, 0.29) is 0 Å². The highest BCUT2D eigenvalue weighted by Crippen LogP contribution is 2.43. The predicted octanol–water partition coefficient (Wildman–Crippen LogP) is 2.15. The molecule has 8 nitrogen and oxygen atoms in total. The van der Waals surface area contributed by atoms with Gasteiger partial charge in [0.1, 0.15) is 18.9 Å². The molecule has 2 aromatic heterocycles. The third kappa shape index (κ3) is 3.51. The Kier molecular flexibility index (Phi) is 5.54. The van der Waals surface area contributed by atoms with Crippen molar-refractivity contribution in [1.29, 1.82) is 0 Å². The number of rotatable bonds is 4. The lowest BCUT2D eigenvalue weighted by atomic mass is 9.92. The first-order valence-electron chi connectivity index (χ1n) is 9.03. The second kappa shape index (κ2) is 7.97. The van der Waals surface area contributed by atoms with Gasteiger partial charge >= 0.3 is 0 Å². The molecule has 29 heavy (non-hydrogen) atoms. The maximum Gasteiger partial charge on any atom is 0.203 e. The zero-order chi connectivity index (χ0) is 20.7. The van der Waals surface area contributed by atoms with Crippen molar-refractivity contribution in [2.75, 3.05) is 7.11 Å². The maximum atomic E-state index is 10.8. The quantitative estimate of drug-likeness (QED) is 0.465. The van der Waals surface area contributed by atoms with E-state index in [1.165, 1.54) is 13.4 Å². The number of hydrogen-bond donors (Lipinski definition) is 4. The standard InChI is InChI=1S/C19H20Cl2N4O4/c1-29-24-18-10-4-5-25(19(10)23-8-22-18)14-7-11(16(27)17(14)28)15(26)9-2-3-12(20)13(21)6-9/h2-6,8,11,14-17,26-28H,7H2,1H3,(H,22,23,24)/t11-,14-,15?,16-,17+/m1/s1. The number of aliphatic hydroxyl groups is 3. The largest absolute Gasteiger partial charge is 0.397 e. The zero-order valence-corrected chi connectivity index (χ0v) is 16.9. The Hall–Kier alpha value is -2.10. The van der Waals surface area contributed by atoms with Gasteiger partial charge in [-0.1, -0.05) is 34.4 Å². The van der Waals surface area contributed by atoms with Crippen LogP contribution in [0.5, 0.6) is 0 Å². The van der Waals surface area contributed by atoms with Gasteiger partial charge in [0, 0.05) is 12.1 Å². The van der Waals surface area contributed by atoms with E-state index in [9.17, 15) is 15.3 Å². The van der Waals surface area contributed by atoms with Gasteiger partial charge in [-0.15, -0.1) is 0 Å². The Balaban J connectivity index is 1.67. The topological polar surface area (TPSA) is 116 Å². The van der Waals surface area contributed by atoms with Gasteiger partial charge in [0.05, 0.1) is 40.0 Å². The van der Waals surface area contributed by atoms with E-state index in [1.54, 1.807) is 30.5 Å². The molecule has 10 heteroatoms. The van der Waals surface area contributed by atoms with Gasteiger partial charge in [-0.25, -0.2) is 4.98 Å². The van der Waals surface area contributed by atoms with Crippen LogP contribution >= 0.6 is 23.2 Å². The molecular weight excluding hydrogens is 419 g/mol. The highest BCUT2D eigenvalue weighted by atomic mass is 35.5. The van der Waals surface area contributed by atoms with Crippen LogP contribution in [0.25, 0.3) is 11.0 Å². The van der Waals surface area contributed by atoms with Gasteiger partial charge in [-0.05, 0) is 30.2 Å². The molecule has 1 saturated carbocycles. The number of hydrogen-bond acceptors (Lipinski definition) is 6. The summed E-state index contributed by atoms with van der Waals surface area (Å²) in [6.45, 7) is 0. The molecule has 154 valence electrons. The summed E-state index contributed by atoms with van der Waals surface area (Å²) in [5.41, 5.74) is 1.61. The second-order valence-corrected chi connectivity index (χ2v) is 7.87. The van der Waals surface area contributed by atoms with Crippen LogP contribution in [-0.4, -0.2) is 49.2 Å². The molecule has 0 aliphatic heterocycles. The third-order valence-electron chi connectivity index (χ3n) is 5.47. The van der Waals surface area contributed by atoms with Crippen molar-refractivity contribution in [2.24, 2.45) is 11.1 Å². The number of fused-ring (bicyclic) bond motifs is 1. The SMILES string of the molecule is CO/N=c1\nc[nH]c2c1ccn2[C@@H]1C[C@H](C(O)c2ccc(Cl)c(Cl)c2)[C@@H](O)[C@H]1O. The molecule has 1 aromatic carbocycles. The monoisotopic (exact) mass is 438 g/mol. The van der Waals surface area contributed by atoms with Crippen molar-refractivity contribution in [1.82, 2.24) is 14.5 Å². The minimum absolute atomic E-state index is 0.320. The number of aromatic nitrogens is 3. The number of aliphatic hydroxyl groups excluding tert-OH is 3. The molecule has 1 fully saturated rings. The first-order chi connectivity index (χ1) is 13.9. The molecule has 0 radical (unpaired) electrons. The molecule has 2 heterocycles.